The Morgan fingerprint density at radius 2 is 0.864 bits per heavy atom. The highest BCUT2D eigenvalue weighted by Crippen LogP contribution is 2.41. The Morgan fingerprint density at radius 3 is 1.39 bits per heavy atom. The van der Waals surface area contributed by atoms with E-state index in [1.165, 1.54) is 0 Å². The Balaban J connectivity index is 1.30. The molecule has 0 aliphatic rings. The molecule has 0 aliphatic carbocycles. The minimum atomic E-state index is 0.518. The second kappa shape index (κ2) is 14.9. The lowest BCUT2D eigenvalue weighted by molar-refractivity contribution is 1.06. The molecule has 0 N–H and O–H groups in total. The predicted octanol–water partition coefficient (Wildman–Crippen LogP) is 12.1. The van der Waals surface area contributed by atoms with Crippen molar-refractivity contribution in [2.75, 3.05) is 0 Å². The van der Waals surface area contributed by atoms with Gasteiger partial charge in [-0.25, -0.2) is 15.0 Å². The van der Waals surface area contributed by atoms with Gasteiger partial charge in [-0.05, 0) is 82.4 Å². The minimum Gasteiger partial charge on any atom is -0.308 e. The van der Waals surface area contributed by atoms with E-state index in [0.29, 0.717) is 28.6 Å². The highest BCUT2D eigenvalue weighted by atomic mass is 15.1. The van der Waals surface area contributed by atoms with Crippen LogP contribution >= 0.6 is 0 Å². The molecule has 0 fully saturated rings. The van der Waals surface area contributed by atoms with Crippen LogP contribution in [0.3, 0.4) is 0 Å². The highest BCUT2D eigenvalue weighted by Gasteiger charge is 2.21. The third-order valence-electron chi connectivity index (χ3n) is 10.6. The lowest BCUT2D eigenvalue weighted by atomic mass is 10.0. The molecule has 0 atom stereocenters. The fourth-order valence-corrected chi connectivity index (χ4v) is 7.73. The van der Waals surface area contributed by atoms with Gasteiger partial charge in [-0.1, -0.05) is 121 Å². The largest absolute Gasteiger partial charge is 0.308 e. The second-order valence-electron chi connectivity index (χ2n) is 14.2. The molecule has 0 amide bonds. The SMILES string of the molecule is N#Cc1cccc(-c2ccc3c4ccc(-c5cccc(C#N)c5)cc4n(-c4ccc(-c5cccnc5)cc4-c4nc(-c5ccccc5)nc(-c5ccccc5)n4)c3c2)c1. The van der Waals surface area contributed by atoms with E-state index in [9.17, 15) is 10.5 Å². The number of nitrogens with zero attached hydrogens (tertiary/aromatic N) is 7. The van der Waals surface area contributed by atoms with Crippen LogP contribution in [0.15, 0.2) is 188 Å². The molecule has 0 bridgehead atoms. The maximum Gasteiger partial charge on any atom is 0.166 e. The first-order valence-corrected chi connectivity index (χ1v) is 19.1. The first kappa shape index (κ1) is 34.9. The lowest BCUT2D eigenvalue weighted by Gasteiger charge is -2.17. The molecule has 3 aromatic heterocycles. The van der Waals surface area contributed by atoms with Gasteiger partial charge < -0.3 is 4.57 Å². The third-order valence-corrected chi connectivity index (χ3v) is 10.6. The zero-order chi connectivity index (χ0) is 39.7. The van der Waals surface area contributed by atoms with Gasteiger partial charge in [0.2, 0.25) is 0 Å². The van der Waals surface area contributed by atoms with Crippen molar-refractivity contribution in [1.29, 1.82) is 10.5 Å². The topological polar surface area (TPSA) is 104 Å². The summed E-state index contributed by atoms with van der Waals surface area (Å²) in [5.41, 5.74) is 12.3. The molecule has 0 aliphatic heterocycles. The second-order valence-corrected chi connectivity index (χ2v) is 14.2. The van der Waals surface area contributed by atoms with Crippen molar-refractivity contribution in [2.45, 2.75) is 0 Å². The quantitative estimate of drug-likeness (QED) is 0.160. The molecule has 7 aromatic carbocycles. The molecule has 0 radical (unpaired) electrons. The highest BCUT2D eigenvalue weighted by molar-refractivity contribution is 6.11. The van der Waals surface area contributed by atoms with E-state index in [2.05, 4.69) is 76.3 Å². The number of fused-ring (bicyclic) bond motifs is 3. The number of pyridine rings is 1. The summed E-state index contributed by atoms with van der Waals surface area (Å²) in [4.78, 5) is 19.9. The van der Waals surface area contributed by atoms with E-state index in [1.54, 1.807) is 6.20 Å². The van der Waals surface area contributed by atoms with Gasteiger partial charge in [0.1, 0.15) is 0 Å². The van der Waals surface area contributed by atoms with Gasteiger partial charge in [0, 0.05) is 45.4 Å². The fourth-order valence-electron chi connectivity index (χ4n) is 7.73. The number of hydrogen-bond acceptors (Lipinski definition) is 6. The first-order chi connectivity index (χ1) is 29.1. The summed E-state index contributed by atoms with van der Waals surface area (Å²) < 4.78 is 2.29. The van der Waals surface area contributed by atoms with E-state index in [0.717, 1.165) is 77.6 Å². The molecular weight excluding hydrogens is 723 g/mol. The van der Waals surface area contributed by atoms with Gasteiger partial charge in [-0.2, -0.15) is 10.5 Å². The zero-order valence-corrected chi connectivity index (χ0v) is 31.5. The van der Waals surface area contributed by atoms with Crippen molar-refractivity contribution in [3.63, 3.8) is 0 Å². The molecule has 0 unspecified atom stereocenters. The lowest BCUT2D eigenvalue weighted by Crippen LogP contribution is -2.04. The smallest absolute Gasteiger partial charge is 0.166 e. The Kier molecular flexibility index (Phi) is 8.80. The van der Waals surface area contributed by atoms with Crippen molar-refractivity contribution in [2.24, 2.45) is 0 Å². The zero-order valence-electron chi connectivity index (χ0n) is 31.5. The van der Waals surface area contributed by atoms with Crippen molar-refractivity contribution in [3.05, 3.63) is 199 Å². The summed E-state index contributed by atoms with van der Waals surface area (Å²) in [5, 5.41) is 21.6. The van der Waals surface area contributed by atoms with Gasteiger partial charge in [0.25, 0.3) is 0 Å². The maximum absolute atomic E-state index is 9.76. The summed E-state index contributed by atoms with van der Waals surface area (Å²) >= 11 is 0. The Morgan fingerprint density at radius 1 is 0.390 bits per heavy atom. The van der Waals surface area contributed by atoms with Crippen molar-refractivity contribution in [1.82, 2.24) is 24.5 Å². The fraction of sp³-hybridized carbons (Fsp3) is 0. The summed E-state index contributed by atoms with van der Waals surface area (Å²) in [5.74, 6) is 1.65. The van der Waals surface area contributed by atoms with Crippen LogP contribution in [0.1, 0.15) is 11.1 Å². The van der Waals surface area contributed by atoms with Crippen LogP contribution in [0.2, 0.25) is 0 Å². The van der Waals surface area contributed by atoms with Gasteiger partial charge in [-0.15, -0.1) is 0 Å². The van der Waals surface area contributed by atoms with E-state index < -0.39 is 0 Å². The summed E-state index contributed by atoms with van der Waals surface area (Å²) in [7, 11) is 0. The molecule has 59 heavy (non-hydrogen) atoms. The number of rotatable bonds is 7. The van der Waals surface area contributed by atoms with E-state index in [-0.39, 0.29) is 0 Å². The van der Waals surface area contributed by atoms with Crippen molar-refractivity contribution in [3.8, 4) is 85.4 Å². The van der Waals surface area contributed by atoms with Crippen molar-refractivity contribution >= 4 is 21.8 Å². The normalized spacial score (nSPS) is 11.0. The molecule has 0 spiro atoms. The Hall–Kier alpha value is -8.52. The number of aromatic nitrogens is 5. The predicted molar refractivity (Wildman–Crippen MR) is 234 cm³/mol. The summed E-state index contributed by atoms with van der Waals surface area (Å²) in [6.07, 6.45) is 3.63. The summed E-state index contributed by atoms with van der Waals surface area (Å²) in [6, 6.07) is 63.2. The number of hydrogen-bond donors (Lipinski definition) is 0. The van der Waals surface area contributed by atoms with Gasteiger partial charge >= 0.3 is 0 Å². The standard InChI is InChI=1S/C52H31N7/c53-31-34-10-7-16-38(26-34)41-19-22-44-45-23-20-42(39-17-8-11-35(27-39)32-54)30-49(45)59(48(44)29-41)47-24-21-40(43-18-9-25-55-33-43)28-46(47)52-57-50(36-12-3-1-4-13-36)56-51(58-52)37-14-5-2-6-15-37/h1-30,33H. The van der Waals surface area contributed by atoms with Crippen LogP contribution in [0, 0.1) is 22.7 Å². The van der Waals surface area contributed by atoms with E-state index in [1.807, 2.05) is 128 Å². The molecule has 7 nitrogen and oxygen atoms in total. The van der Waals surface area contributed by atoms with Crippen LogP contribution < -0.4 is 0 Å². The van der Waals surface area contributed by atoms with E-state index in [4.69, 9.17) is 15.0 Å². The molecule has 0 saturated carbocycles. The van der Waals surface area contributed by atoms with Crippen LogP contribution in [-0.4, -0.2) is 24.5 Å². The van der Waals surface area contributed by atoms with Crippen molar-refractivity contribution < 1.29 is 0 Å². The van der Waals surface area contributed by atoms with Crippen LogP contribution in [0.4, 0.5) is 0 Å². The van der Waals surface area contributed by atoms with Crippen LogP contribution in [0.25, 0.3) is 95.0 Å². The van der Waals surface area contributed by atoms with Gasteiger partial charge in [0.15, 0.2) is 17.5 Å². The average Bonchev–Trinajstić information content (AvgIpc) is 3.64. The molecular formula is C52H31N7. The molecule has 3 heterocycles. The molecule has 0 saturated heterocycles. The van der Waals surface area contributed by atoms with E-state index >= 15 is 0 Å². The summed E-state index contributed by atoms with van der Waals surface area (Å²) in [6.45, 7) is 0. The Bertz CT molecular complexity index is 3110. The average molecular weight is 754 g/mol. The van der Waals surface area contributed by atoms with Gasteiger partial charge in [-0.3, -0.25) is 4.98 Å². The van der Waals surface area contributed by atoms with Crippen LogP contribution in [0.5, 0.6) is 0 Å². The third kappa shape index (κ3) is 6.55. The molecule has 10 rings (SSSR count). The molecule has 10 aromatic rings. The Labute approximate surface area is 340 Å². The molecule has 7 heteroatoms. The molecule has 274 valence electrons. The minimum absolute atomic E-state index is 0.518. The number of benzene rings is 7. The van der Waals surface area contributed by atoms with Crippen LogP contribution in [-0.2, 0) is 0 Å². The first-order valence-electron chi connectivity index (χ1n) is 19.1. The monoisotopic (exact) mass is 753 g/mol. The van der Waals surface area contributed by atoms with Gasteiger partial charge in [0.05, 0.1) is 40.0 Å². The maximum atomic E-state index is 9.76. The number of nitriles is 2.